The Morgan fingerprint density at radius 1 is 1.21 bits per heavy atom. The van der Waals surface area contributed by atoms with E-state index in [1.54, 1.807) is 18.2 Å². The number of rotatable bonds is 3. The van der Waals surface area contributed by atoms with Crippen molar-refractivity contribution in [2.75, 3.05) is 5.32 Å². The van der Waals surface area contributed by atoms with Crippen LogP contribution in [0.1, 0.15) is 11.3 Å². The first-order valence-corrected chi connectivity index (χ1v) is 6.08. The van der Waals surface area contributed by atoms with Crippen molar-refractivity contribution < 1.29 is 13.8 Å². The SMILES string of the molecule is Cc1ccc[n+](CC(=O)Nc2ccccc2F)c1C. The van der Waals surface area contributed by atoms with Crippen molar-refractivity contribution >= 4 is 11.6 Å². The summed E-state index contributed by atoms with van der Waals surface area (Å²) >= 11 is 0. The van der Waals surface area contributed by atoms with Crippen LogP contribution in [0.25, 0.3) is 0 Å². The van der Waals surface area contributed by atoms with Gasteiger partial charge in [-0.1, -0.05) is 12.1 Å². The molecule has 98 valence electrons. The van der Waals surface area contributed by atoms with Crippen LogP contribution in [-0.2, 0) is 11.3 Å². The molecule has 1 aromatic heterocycles. The summed E-state index contributed by atoms with van der Waals surface area (Å²) in [5, 5.41) is 2.57. The smallest absolute Gasteiger partial charge is 0.290 e. The molecule has 0 unspecified atom stereocenters. The van der Waals surface area contributed by atoms with Crippen molar-refractivity contribution in [3.63, 3.8) is 0 Å². The molecule has 0 saturated heterocycles. The van der Waals surface area contributed by atoms with E-state index in [1.807, 2.05) is 36.7 Å². The van der Waals surface area contributed by atoms with E-state index in [2.05, 4.69) is 5.32 Å². The van der Waals surface area contributed by atoms with Gasteiger partial charge in [-0.05, 0) is 25.1 Å². The van der Waals surface area contributed by atoms with Gasteiger partial charge in [0.1, 0.15) is 5.82 Å². The maximum absolute atomic E-state index is 13.4. The van der Waals surface area contributed by atoms with Crippen LogP contribution in [0.4, 0.5) is 10.1 Å². The molecule has 19 heavy (non-hydrogen) atoms. The molecule has 1 amide bonds. The molecule has 3 nitrogen and oxygen atoms in total. The number of nitrogens with one attached hydrogen (secondary N) is 1. The lowest BCUT2D eigenvalue weighted by atomic mass is 10.2. The zero-order valence-electron chi connectivity index (χ0n) is 11.0. The van der Waals surface area contributed by atoms with E-state index in [0.29, 0.717) is 0 Å². The first kappa shape index (κ1) is 13.2. The van der Waals surface area contributed by atoms with E-state index in [1.165, 1.54) is 6.07 Å². The fourth-order valence-corrected chi connectivity index (χ4v) is 1.83. The van der Waals surface area contributed by atoms with Crippen molar-refractivity contribution in [1.82, 2.24) is 0 Å². The Morgan fingerprint density at radius 2 is 1.95 bits per heavy atom. The molecule has 0 aliphatic carbocycles. The number of carbonyl (C=O) groups is 1. The standard InChI is InChI=1S/C15H15FN2O/c1-11-6-5-9-18(12(11)2)10-15(19)17-14-8-4-3-7-13(14)16/h3-9H,10H2,1-2H3/p+1. The average molecular weight is 259 g/mol. The Bertz CT molecular complexity index is 611. The Kier molecular flexibility index (Phi) is 3.90. The number of nitrogens with zero attached hydrogens (tertiary/aromatic N) is 1. The third kappa shape index (κ3) is 3.16. The third-order valence-electron chi connectivity index (χ3n) is 3.08. The average Bonchev–Trinajstić information content (AvgIpc) is 2.38. The zero-order chi connectivity index (χ0) is 13.8. The summed E-state index contributed by atoms with van der Waals surface area (Å²) in [6.45, 7) is 4.11. The van der Waals surface area contributed by atoms with E-state index in [0.717, 1.165) is 11.3 Å². The highest BCUT2D eigenvalue weighted by atomic mass is 19.1. The number of benzene rings is 1. The number of halogens is 1. The molecule has 0 saturated carbocycles. The number of hydrogen-bond acceptors (Lipinski definition) is 1. The summed E-state index contributed by atoms with van der Waals surface area (Å²) in [5.74, 6) is -0.675. The number of anilines is 1. The monoisotopic (exact) mass is 259 g/mol. The molecule has 2 rings (SSSR count). The minimum atomic E-state index is -0.429. The molecule has 0 aliphatic heterocycles. The lowest BCUT2D eigenvalue weighted by Crippen LogP contribution is -2.43. The lowest BCUT2D eigenvalue weighted by molar-refractivity contribution is -0.690. The van der Waals surface area contributed by atoms with Gasteiger partial charge in [-0.3, -0.25) is 4.79 Å². The fourth-order valence-electron chi connectivity index (χ4n) is 1.83. The molecule has 2 aromatic rings. The van der Waals surface area contributed by atoms with Crippen molar-refractivity contribution in [1.29, 1.82) is 0 Å². The van der Waals surface area contributed by atoms with Gasteiger partial charge in [0, 0.05) is 18.6 Å². The van der Waals surface area contributed by atoms with E-state index in [9.17, 15) is 9.18 Å². The largest absolute Gasteiger partial charge is 0.318 e. The minimum Gasteiger partial charge on any atom is -0.318 e. The van der Waals surface area contributed by atoms with Gasteiger partial charge in [0.15, 0.2) is 11.9 Å². The molecule has 1 aromatic carbocycles. The van der Waals surface area contributed by atoms with Crippen LogP contribution in [0.2, 0.25) is 0 Å². The molecular formula is C15H16FN2O+. The predicted octanol–water partition coefficient (Wildman–Crippen LogP) is 2.37. The molecule has 0 radical (unpaired) electrons. The summed E-state index contributed by atoms with van der Waals surface area (Å²) < 4.78 is 15.2. The highest BCUT2D eigenvalue weighted by Crippen LogP contribution is 2.11. The molecule has 0 fully saturated rings. The highest BCUT2D eigenvalue weighted by Gasteiger charge is 2.14. The van der Waals surface area contributed by atoms with E-state index in [-0.39, 0.29) is 18.1 Å². The van der Waals surface area contributed by atoms with E-state index >= 15 is 0 Å². The third-order valence-corrected chi connectivity index (χ3v) is 3.08. The summed E-state index contributed by atoms with van der Waals surface area (Å²) in [7, 11) is 0. The van der Waals surface area contributed by atoms with Crippen LogP contribution in [-0.4, -0.2) is 5.91 Å². The molecule has 0 spiro atoms. The maximum Gasteiger partial charge on any atom is 0.290 e. The van der Waals surface area contributed by atoms with Gasteiger partial charge in [-0.25, -0.2) is 4.39 Å². The maximum atomic E-state index is 13.4. The van der Waals surface area contributed by atoms with Crippen LogP contribution in [0.3, 0.4) is 0 Å². The van der Waals surface area contributed by atoms with Crippen molar-refractivity contribution in [2.24, 2.45) is 0 Å². The van der Waals surface area contributed by atoms with Crippen LogP contribution in [0, 0.1) is 19.7 Å². The first-order chi connectivity index (χ1) is 9.08. The second-order valence-electron chi connectivity index (χ2n) is 4.43. The normalized spacial score (nSPS) is 10.3. The van der Waals surface area contributed by atoms with Gasteiger partial charge in [0.05, 0.1) is 5.69 Å². The molecular weight excluding hydrogens is 243 g/mol. The van der Waals surface area contributed by atoms with Crippen molar-refractivity contribution in [3.8, 4) is 0 Å². The summed E-state index contributed by atoms with van der Waals surface area (Å²) in [6.07, 6.45) is 1.84. The van der Waals surface area contributed by atoms with Gasteiger partial charge in [-0.2, -0.15) is 4.57 Å². The Labute approximate surface area is 111 Å². The number of pyridine rings is 1. The van der Waals surface area contributed by atoms with Crippen LogP contribution in [0.5, 0.6) is 0 Å². The second kappa shape index (κ2) is 5.61. The van der Waals surface area contributed by atoms with Gasteiger partial charge in [-0.15, -0.1) is 0 Å². The van der Waals surface area contributed by atoms with Crippen LogP contribution < -0.4 is 9.88 Å². The van der Waals surface area contributed by atoms with E-state index in [4.69, 9.17) is 0 Å². The highest BCUT2D eigenvalue weighted by molar-refractivity contribution is 5.89. The summed E-state index contributed by atoms with van der Waals surface area (Å²) in [6, 6.07) is 10.0. The number of amides is 1. The second-order valence-corrected chi connectivity index (χ2v) is 4.43. The number of hydrogen-bond donors (Lipinski definition) is 1. The molecule has 1 heterocycles. The molecule has 0 atom stereocenters. The quantitative estimate of drug-likeness (QED) is 0.843. The Balaban J connectivity index is 2.10. The Morgan fingerprint density at radius 3 is 2.68 bits per heavy atom. The molecule has 0 bridgehead atoms. The zero-order valence-corrected chi connectivity index (χ0v) is 11.0. The lowest BCUT2D eigenvalue weighted by Gasteiger charge is -2.05. The number of para-hydroxylation sites is 1. The number of carbonyl (C=O) groups excluding carboxylic acids is 1. The van der Waals surface area contributed by atoms with Crippen molar-refractivity contribution in [3.05, 3.63) is 59.7 Å². The number of aromatic nitrogens is 1. The number of aryl methyl sites for hydroxylation is 1. The van der Waals surface area contributed by atoms with Crippen LogP contribution >= 0.6 is 0 Å². The molecule has 1 N–H and O–H groups in total. The Hall–Kier alpha value is -2.23. The topological polar surface area (TPSA) is 33.0 Å². The summed E-state index contributed by atoms with van der Waals surface area (Å²) in [5.41, 5.74) is 2.34. The van der Waals surface area contributed by atoms with Gasteiger partial charge in [0.2, 0.25) is 6.54 Å². The van der Waals surface area contributed by atoms with Crippen LogP contribution in [0.15, 0.2) is 42.6 Å². The predicted molar refractivity (Wildman–Crippen MR) is 71.1 cm³/mol. The van der Waals surface area contributed by atoms with Gasteiger partial charge >= 0.3 is 0 Å². The van der Waals surface area contributed by atoms with Gasteiger partial charge < -0.3 is 5.32 Å². The molecule has 0 aliphatic rings. The van der Waals surface area contributed by atoms with E-state index < -0.39 is 5.82 Å². The van der Waals surface area contributed by atoms with Crippen molar-refractivity contribution in [2.45, 2.75) is 20.4 Å². The summed E-state index contributed by atoms with van der Waals surface area (Å²) in [4.78, 5) is 11.9. The van der Waals surface area contributed by atoms with Gasteiger partial charge in [0.25, 0.3) is 5.91 Å². The minimum absolute atomic E-state index is 0.168. The fraction of sp³-hybridized carbons (Fsp3) is 0.200. The molecule has 4 heteroatoms. The first-order valence-electron chi connectivity index (χ1n) is 6.08.